The Labute approximate surface area is 525 Å². The van der Waals surface area contributed by atoms with Crippen LogP contribution in [0.5, 0.6) is 0 Å². The number of aromatic nitrogens is 5. The number of hydrogen-bond donors (Lipinski definition) is 15. The second-order valence-corrected chi connectivity index (χ2v) is 23.6. The first-order chi connectivity index (χ1) is 43.5. The van der Waals surface area contributed by atoms with E-state index in [4.69, 9.17) is 27.9 Å². The van der Waals surface area contributed by atoms with E-state index in [0.29, 0.717) is 38.7 Å². The highest BCUT2D eigenvalue weighted by atomic mass is 16.4. The third kappa shape index (κ3) is 14.7. The molecule has 1 unspecified atom stereocenters. The number of aliphatic carboxylic acids is 1. The summed E-state index contributed by atoms with van der Waals surface area (Å²) in [5.41, 5.74) is 33.2. The van der Waals surface area contributed by atoms with Crippen molar-refractivity contribution in [2.24, 2.45) is 49.7 Å². The summed E-state index contributed by atoms with van der Waals surface area (Å²) in [6, 6.07) is 8.99. The number of carbonyl (C=O) groups is 6. The number of aliphatic imine (C=N–C) groups is 3. The maximum atomic E-state index is 14.9. The van der Waals surface area contributed by atoms with E-state index >= 15 is 0 Å². The molecule has 24 heteroatoms. The average molecular weight is 1240 g/mol. The van der Waals surface area contributed by atoms with Gasteiger partial charge in [0.25, 0.3) is 0 Å². The number of guanidine groups is 2. The smallest absolute Gasteiger partial charge is 0.338 e. The molecule has 0 radical (unpaired) electrons. The minimum atomic E-state index is -1.41. The van der Waals surface area contributed by atoms with Crippen LogP contribution in [0.25, 0.3) is 51.7 Å². The van der Waals surface area contributed by atoms with Gasteiger partial charge in [-0.05, 0) is 141 Å². The summed E-state index contributed by atoms with van der Waals surface area (Å²) in [7, 11) is 0. The highest BCUT2D eigenvalue weighted by Gasteiger charge is 2.38. The van der Waals surface area contributed by atoms with E-state index in [-0.39, 0.29) is 93.8 Å². The molecule has 0 saturated heterocycles. The van der Waals surface area contributed by atoms with Crippen molar-refractivity contribution in [3.05, 3.63) is 145 Å². The molecule has 0 fully saturated rings. The maximum absolute atomic E-state index is 14.9. The highest BCUT2D eigenvalue weighted by Crippen LogP contribution is 2.35. The van der Waals surface area contributed by atoms with Gasteiger partial charge in [0.2, 0.25) is 23.6 Å². The number of benzene rings is 2. The molecular formula is C67H82N16O8. The number of rotatable bonds is 26. The molecule has 91 heavy (non-hydrogen) atoms. The third-order valence-corrected chi connectivity index (χ3v) is 17.7. The number of aromatic amines is 5. The fourth-order valence-corrected chi connectivity index (χ4v) is 12.7. The highest BCUT2D eigenvalue weighted by molar-refractivity contribution is 6.20. The van der Waals surface area contributed by atoms with Gasteiger partial charge in [0.15, 0.2) is 11.9 Å². The van der Waals surface area contributed by atoms with Gasteiger partial charge in [0, 0.05) is 111 Å². The Kier molecular flexibility index (Phi) is 20.3. The number of carboxylic acid groups (broad SMARTS) is 2. The van der Waals surface area contributed by atoms with Gasteiger partial charge < -0.3 is 79.3 Å². The molecule has 24 nitrogen and oxygen atoms in total. The molecule has 478 valence electrons. The van der Waals surface area contributed by atoms with Crippen molar-refractivity contribution >= 4 is 105 Å². The Morgan fingerprint density at radius 2 is 1.23 bits per heavy atom. The second-order valence-electron chi connectivity index (χ2n) is 23.6. The molecule has 0 saturated carbocycles. The Morgan fingerprint density at radius 1 is 0.681 bits per heavy atom. The summed E-state index contributed by atoms with van der Waals surface area (Å²) in [5, 5.41) is 36.9. The van der Waals surface area contributed by atoms with E-state index < -0.39 is 65.8 Å². The van der Waals surface area contributed by atoms with E-state index in [1.165, 1.54) is 0 Å². The first-order valence-corrected chi connectivity index (χ1v) is 30.7. The second kappa shape index (κ2) is 28.4. The van der Waals surface area contributed by atoms with E-state index in [1.807, 2.05) is 74.5 Å². The lowest BCUT2D eigenvalue weighted by atomic mass is 9.82. The number of nitrogens with two attached hydrogens (primary N) is 4. The number of nitrogens with one attached hydrogen (secondary N) is 9. The van der Waals surface area contributed by atoms with Crippen molar-refractivity contribution in [1.82, 2.24) is 46.2 Å². The molecule has 8 bridgehead atoms. The lowest BCUT2D eigenvalue weighted by Gasteiger charge is -2.26. The van der Waals surface area contributed by atoms with Crippen LogP contribution >= 0.6 is 0 Å². The van der Waals surface area contributed by atoms with Gasteiger partial charge in [0.1, 0.15) is 24.2 Å². The zero-order valence-electron chi connectivity index (χ0n) is 52.1. The molecule has 2 aliphatic heterocycles. The molecule has 0 spiro atoms. The van der Waals surface area contributed by atoms with Crippen molar-refractivity contribution < 1.29 is 39.0 Å². The molecular weight excluding hydrogens is 1160 g/mol. The first kappa shape index (κ1) is 65.1. The quantitative estimate of drug-likeness (QED) is 0.0211. The zero-order valence-corrected chi connectivity index (χ0v) is 52.1. The summed E-state index contributed by atoms with van der Waals surface area (Å²) < 4.78 is 0. The fraction of sp³-hybridized carbons (Fsp3) is 0.358. The topological polar surface area (TPSA) is 411 Å². The Balaban J connectivity index is 1.00. The van der Waals surface area contributed by atoms with Crippen molar-refractivity contribution in [3.8, 4) is 0 Å². The van der Waals surface area contributed by atoms with Crippen LogP contribution in [0.3, 0.4) is 0 Å². The van der Waals surface area contributed by atoms with Crippen LogP contribution in [0.4, 0.5) is 0 Å². The van der Waals surface area contributed by atoms with Crippen LogP contribution in [0, 0.1) is 32.6 Å². The molecule has 2 aromatic carbocycles. The van der Waals surface area contributed by atoms with Gasteiger partial charge in [-0.25, -0.2) is 9.59 Å². The number of H-pyrrole nitrogens is 5. The predicted octanol–water partition coefficient (Wildman–Crippen LogP) is 2.56. The van der Waals surface area contributed by atoms with Gasteiger partial charge in [-0.3, -0.25) is 34.2 Å². The number of aromatic carboxylic acids is 1. The molecule has 9 rings (SSSR count). The summed E-state index contributed by atoms with van der Waals surface area (Å²) >= 11 is 0. The Bertz CT molecular complexity index is 4320. The lowest BCUT2D eigenvalue weighted by molar-refractivity contribution is -0.142. The average Bonchev–Trinajstić information content (AvgIpc) is 1.64. The van der Waals surface area contributed by atoms with Gasteiger partial charge in [-0.15, -0.1) is 0 Å². The van der Waals surface area contributed by atoms with Crippen LogP contribution in [0.2, 0.25) is 0 Å². The standard InChI is InChI=1S/C67H82N16O8/c1-8-40-33(3)49-28-51-35(5)42(59(79-51)37(7)60-58(65(90)91)36(6)52(80-60)30-54-41(9-2)34(4)50(77-54)29-53(40)76-49)22-23-57(84)78-47(20-14-24-72-66(68)69)61(85)81-48(21-15-25-73-67(70)71)62(86)82-55(26-38-31-74-45-18-12-10-16-43(38)45)63(87)83-56(64(88)89)27-39-32-75-46-19-13-11-17-44(39)46/h8,10-13,16-19,28-32,35,42,47-48,51,55-56,74-77,80H,1,9,14-15,20-27H2,2-7H3,(H,78,84)(H,81,85)(H,82,86)(H,83,87)(H,88,89)(H,90,91)(H4,68,69,72)(H4,70,71,73)/b49-28+,52-30-,53-29-,60-37?/t35-,42-,47-,48-,51?,55-,56-/m0/s1. The van der Waals surface area contributed by atoms with Gasteiger partial charge in [-0.1, -0.05) is 62.9 Å². The lowest BCUT2D eigenvalue weighted by Crippen LogP contribution is -2.58. The molecule has 7 atom stereocenters. The van der Waals surface area contributed by atoms with Gasteiger partial charge >= 0.3 is 11.9 Å². The third-order valence-electron chi connectivity index (χ3n) is 17.7. The van der Waals surface area contributed by atoms with Crippen molar-refractivity contribution in [2.45, 2.75) is 130 Å². The van der Waals surface area contributed by atoms with Crippen molar-refractivity contribution in [3.63, 3.8) is 0 Å². The largest absolute Gasteiger partial charge is 0.480 e. The number of fused-ring (bicyclic) bond motifs is 9. The fourth-order valence-electron chi connectivity index (χ4n) is 12.7. The number of carbonyl (C=O) groups excluding carboxylic acids is 4. The summed E-state index contributed by atoms with van der Waals surface area (Å²) in [4.78, 5) is 115. The summed E-state index contributed by atoms with van der Waals surface area (Å²) in [6.07, 6.45) is 12.4. The SMILES string of the molecule is C=Cc1c(C)/c2[nH]/c1=C\c1[nH]c(c(CC)c1C)/C=c1\[nH]c(c(C(=O)O)c1C)=C(C)C1=NC(/C=2)[C@@H](C)[C@@H]1CCC(=O)N[C@@H](CCCN=C(N)N)C(=O)N[C@@H](CCCN=C(N)N)C(=O)N[C@@H](Cc1c[nH]c2ccccc12)C(=O)N[C@@H](Cc1c[nH]c2ccccc12)C(=O)O. The number of amides is 4. The minimum absolute atomic E-state index is 0.0277. The van der Waals surface area contributed by atoms with Crippen LogP contribution in [0.1, 0.15) is 120 Å². The molecule has 7 heterocycles. The van der Waals surface area contributed by atoms with Crippen molar-refractivity contribution in [1.29, 1.82) is 0 Å². The minimum Gasteiger partial charge on any atom is -0.480 e. The van der Waals surface area contributed by atoms with E-state index in [1.54, 1.807) is 19.3 Å². The van der Waals surface area contributed by atoms with E-state index in [2.05, 4.69) is 95.7 Å². The monoisotopic (exact) mass is 1240 g/mol. The molecule has 5 aromatic heterocycles. The zero-order chi connectivity index (χ0) is 65.4. The van der Waals surface area contributed by atoms with Crippen molar-refractivity contribution in [2.75, 3.05) is 13.1 Å². The summed E-state index contributed by atoms with van der Waals surface area (Å²) in [5.74, 6) is -6.16. The molecule has 2 aliphatic rings. The van der Waals surface area contributed by atoms with Gasteiger partial charge in [0.05, 0.1) is 17.0 Å². The molecule has 4 amide bonds. The van der Waals surface area contributed by atoms with Crippen LogP contribution in [-0.4, -0.2) is 132 Å². The predicted molar refractivity (Wildman–Crippen MR) is 354 cm³/mol. The molecule has 19 N–H and O–H groups in total. The van der Waals surface area contributed by atoms with Crippen LogP contribution in [-0.2, 0) is 43.2 Å². The Morgan fingerprint density at radius 3 is 1.80 bits per heavy atom. The van der Waals surface area contributed by atoms with Crippen LogP contribution < -0.4 is 65.6 Å². The number of carboxylic acids is 2. The van der Waals surface area contributed by atoms with Gasteiger partial charge in [-0.2, -0.15) is 0 Å². The number of nitrogens with zero attached hydrogens (tertiary/aromatic N) is 3. The first-order valence-electron chi connectivity index (χ1n) is 30.7. The van der Waals surface area contributed by atoms with E-state index in [0.717, 1.165) is 72.6 Å². The molecule has 7 aromatic rings. The van der Waals surface area contributed by atoms with E-state index in [9.17, 15) is 39.0 Å². The number of para-hydroxylation sites is 2. The Hall–Kier alpha value is -10.4. The maximum Gasteiger partial charge on any atom is 0.338 e. The summed E-state index contributed by atoms with van der Waals surface area (Å²) in [6.45, 7) is 16.2. The van der Waals surface area contributed by atoms with Crippen LogP contribution in [0.15, 0.2) is 82.5 Å². The molecule has 0 aliphatic carbocycles. The number of hydrogen-bond acceptors (Lipinski definition) is 9. The normalized spacial score (nSPS) is 17.6.